The van der Waals surface area contributed by atoms with Crippen LogP contribution in [0.25, 0.3) is 0 Å². The van der Waals surface area contributed by atoms with E-state index in [1.165, 1.54) is 24.2 Å². The molecule has 5 nitrogen and oxygen atoms in total. The van der Waals surface area contributed by atoms with Crippen LogP contribution in [-0.4, -0.2) is 53.2 Å². The van der Waals surface area contributed by atoms with Gasteiger partial charge in [-0.3, -0.25) is 9.78 Å². The zero-order chi connectivity index (χ0) is 22.9. The molecule has 0 amide bonds. The Labute approximate surface area is 195 Å². The largest absolute Gasteiger partial charge is 0.481 e. The van der Waals surface area contributed by atoms with Crippen molar-refractivity contribution in [3.63, 3.8) is 0 Å². The molecule has 33 heavy (non-hydrogen) atoms. The first-order chi connectivity index (χ1) is 16.0. The summed E-state index contributed by atoms with van der Waals surface area (Å²) in [5.41, 5.74) is 1.86. The Hall–Kier alpha value is -2.31. The fourth-order valence-corrected chi connectivity index (χ4v) is 5.80. The third-order valence-electron chi connectivity index (χ3n) is 8.31. The molecular weight excluding hydrogens is 417 g/mol. The van der Waals surface area contributed by atoms with Crippen LogP contribution in [0, 0.1) is 16.6 Å². The maximum Gasteiger partial charge on any atom is 0.310 e. The number of carboxylic acid groups (broad SMARTS) is 1. The predicted molar refractivity (Wildman–Crippen MR) is 126 cm³/mol. The number of hydrogen-bond acceptors (Lipinski definition) is 4. The molecule has 1 saturated heterocycles. The smallest absolute Gasteiger partial charge is 0.310 e. The highest BCUT2D eigenvalue weighted by Gasteiger charge is 2.47. The number of pyridine rings is 1. The van der Waals surface area contributed by atoms with Crippen LogP contribution in [0.4, 0.5) is 4.39 Å². The molecule has 0 spiro atoms. The SMILES string of the molecule is O=C(O)C1(CN2CCC(CN[C@@H]3C[C@@H]3c3ccccc3)(Cc3ccc(F)cn3)CC2)CCC1. The van der Waals surface area contributed by atoms with Crippen LogP contribution < -0.4 is 5.32 Å². The number of halogens is 1. The van der Waals surface area contributed by atoms with Crippen molar-refractivity contribution in [3.8, 4) is 0 Å². The summed E-state index contributed by atoms with van der Waals surface area (Å²) in [6, 6.07) is 14.5. The quantitative estimate of drug-likeness (QED) is 0.597. The molecule has 3 fully saturated rings. The second-order valence-corrected chi connectivity index (χ2v) is 10.6. The van der Waals surface area contributed by atoms with E-state index in [1.54, 1.807) is 6.07 Å². The average molecular weight is 452 g/mol. The molecule has 2 N–H and O–H groups in total. The number of carbonyl (C=O) groups is 1. The van der Waals surface area contributed by atoms with E-state index in [4.69, 9.17) is 0 Å². The van der Waals surface area contributed by atoms with Crippen molar-refractivity contribution in [2.75, 3.05) is 26.2 Å². The van der Waals surface area contributed by atoms with Crippen molar-refractivity contribution in [2.45, 2.75) is 56.9 Å². The number of likely N-dealkylation sites (tertiary alicyclic amines) is 1. The van der Waals surface area contributed by atoms with Gasteiger partial charge in [0, 0.05) is 30.7 Å². The van der Waals surface area contributed by atoms with E-state index in [0.717, 1.165) is 63.9 Å². The van der Waals surface area contributed by atoms with Crippen molar-refractivity contribution in [1.82, 2.24) is 15.2 Å². The van der Waals surface area contributed by atoms with E-state index in [0.29, 0.717) is 18.5 Å². The standard InChI is InChI=1S/C27H34FN3O2/c28-21-7-8-22(29-17-21)16-26(18-30-24-15-23(24)20-5-2-1-3-6-20)11-13-31(14-12-26)19-27(25(32)33)9-4-10-27/h1-3,5-8,17,23-24,30H,4,9-16,18-19H2,(H,32,33)/t23-,24-/m1/s1. The van der Waals surface area contributed by atoms with Crippen LogP contribution in [0.3, 0.4) is 0 Å². The molecule has 176 valence electrons. The molecule has 2 heterocycles. The molecule has 1 aliphatic heterocycles. The average Bonchev–Trinajstić information content (AvgIpc) is 3.58. The van der Waals surface area contributed by atoms with Crippen LogP contribution in [-0.2, 0) is 11.2 Å². The Kier molecular flexibility index (Phi) is 6.23. The van der Waals surface area contributed by atoms with E-state index >= 15 is 0 Å². The lowest BCUT2D eigenvalue weighted by Gasteiger charge is -2.47. The van der Waals surface area contributed by atoms with Crippen molar-refractivity contribution in [2.24, 2.45) is 10.8 Å². The van der Waals surface area contributed by atoms with E-state index in [1.807, 2.05) is 0 Å². The lowest BCUT2D eigenvalue weighted by Crippen LogP contribution is -2.52. The fraction of sp³-hybridized carbons (Fsp3) is 0.556. The molecule has 5 rings (SSSR count). The van der Waals surface area contributed by atoms with Gasteiger partial charge in [-0.25, -0.2) is 4.39 Å². The maximum absolute atomic E-state index is 13.4. The molecule has 1 aromatic heterocycles. The van der Waals surface area contributed by atoms with Gasteiger partial charge in [0.2, 0.25) is 0 Å². The number of nitrogens with zero attached hydrogens (tertiary/aromatic N) is 2. The van der Waals surface area contributed by atoms with E-state index in [2.05, 4.69) is 45.5 Å². The van der Waals surface area contributed by atoms with Crippen molar-refractivity contribution < 1.29 is 14.3 Å². The van der Waals surface area contributed by atoms with Gasteiger partial charge < -0.3 is 15.3 Å². The van der Waals surface area contributed by atoms with Gasteiger partial charge in [-0.1, -0.05) is 36.8 Å². The highest BCUT2D eigenvalue weighted by atomic mass is 19.1. The number of rotatable bonds is 9. The first-order valence-corrected chi connectivity index (χ1v) is 12.3. The van der Waals surface area contributed by atoms with Gasteiger partial charge in [0.15, 0.2) is 0 Å². The third-order valence-corrected chi connectivity index (χ3v) is 8.31. The Morgan fingerprint density at radius 1 is 1.12 bits per heavy atom. The van der Waals surface area contributed by atoms with Crippen molar-refractivity contribution in [1.29, 1.82) is 0 Å². The minimum Gasteiger partial charge on any atom is -0.481 e. The van der Waals surface area contributed by atoms with Crippen molar-refractivity contribution >= 4 is 5.97 Å². The predicted octanol–water partition coefficient (Wildman–Crippen LogP) is 4.25. The summed E-state index contributed by atoms with van der Waals surface area (Å²) in [7, 11) is 0. The lowest BCUT2D eigenvalue weighted by molar-refractivity contribution is -0.156. The number of piperidine rings is 1. The molecule has 2 aliphatic carbocycles. The minimum atomic E-state index is -0.636. The zero-order valence-electron chi connectivity index (χ0n) is 19.2. The monoisotopic (exact) mass is 451 g/mol. The summed E-state index contributed by atoms with van der Waals surface area (Å²) in [6.45, 7) is 3.40. The van der Waals surface area contributed by atoms with Gasteiger partial charge in [0.1, 0.15) is 5.82 Å². The molecule has 0 bridgehead atoms. The van der Waals surface area contributed by atoms with Crippen LogP contribution in [0.1, 0.15) is 55.7 Å². The molecule has 0 radical (unpaired) electrons. The molecule has 2 atom stereocenters. The molecule has 1 aromatic carbocycles. The Morgan fingerprint density at radius 3 is 2.48 bits per heavy atom. The number of nitrogens with one attached hydrogen (secondary N) is 1. The maximum atomic E-state index is 13.4. The highest BCUT2D eigenvalue weighted by Crippen LogP contribution is 2.45. The number of carboxylic acids is 1. The van der Waals surface area contributed by atoms with Gasteiger partial charge in [-0.15, -0.1) is 0 Å². The van der Waals surface area contributed by atoms with Gasteiger partial charge in [0.05, 0.1) is 11.6 Å². The topological polar surface area (TPSA) is 65.5 Å². The summed E-state index contributed by atoms with van der Waals surface area (Å²) in [5, 5.41) is 13.6. The van der Waals surface area contributed by atoms with Gasteiger partial charge in [0.25, 0.3) is 0 Å². The molecule has 0 unspecified atom stereocenters. The summed E-state index contributed by atoms with van der Waals surface area (Å²) >= 11 is 0. The summed E-state index contributed by atoms with van der Waals surface area (Å²) in [4.78, 5) is 18.5. The number of benzene rings is 1. The minimum absolute atomic E-state index is 0.0567. The highest BCUT2D eigenvalue weighted by molar-refractivity contribution is 5.76. The number of aromatic nitrogens is 1. The summed E-state index contributed by atoms with van der Waals surface area (Å²) < 4.78 is 13.4. The molecular formula is C27H34FN3O2. The molecule has 2 aromatic rings. The summed E-state index contributed by atoms with van der Waals surface area (Å²) in [6.07, 6.45) is 7.92. The normalized spacial score (nSPS) is 25.8. The van der Waals surface area contributed by atoms with Gasteiger partial charge in [-0.2, -0.15) is 0 Å². The van der Waals surface area contributed by atoms with Crippen LogP contribution in [0.15, 0.2) is 48.7 Å². The third kappa shape index (κ3) is 4.97. The van der Waals surface area contributed by atoms with Crippen LogP contribution in [0.5, 0.6) is 0 Å². The lowest BCUT2D eigenvalue weighted by atomic mass is 9.67. The second-order valence-electron chi connectivity index (χ2n) is 10.6. The van der Waals surface area contributed by atoms with Crippen LogP contribution in [0.2, 0.25) is 0 Å². The Bertz CT molecular complexity index is 953. The zero-order valence-corrected chi connectivity index (χ0v) is 19.2. The Morgan fingerprint density at radius 2 is 1.88 bits per heavy atom. The number of aliphatic carboxylic acids is 1. The second kappa shape index (κ2) is 9.15. The first-order valence-electron chi connectivity index (χ1n) is 12.3. The van der Waals surface area contributed by atoms with Gasteiger partial charge >= 0.3 is 5.97 Å². The number of hydrogen-bond donors (Lipinski definition) is 2. The van der Waals surface area contributed by atoms with Crippen LogP contribution >= 0.6 is 0 Å². The molecule has 2 saturated carbocycles. The van der Waals surface area contributed by atoms with E-state index in [-0.39, 0.29) is 11.2 Å². The van der Waals surface area contributed by atoms with Gasteiger partial charge in [-0.05, 0) is 74.7 Å². The van der Waals surface area contributed by atoms with E-state index < -0.39 is 11.4 Å². The van der Waals surface area contributed by atoms with E-state index in [9.17, 15) is 14.3 Å². The Balaban J connectivity index is 1.23. The first kappa shape index (κ1) is 22.5. The summed E-state index contributed by atoms with van der Waals surface area (Å²) in [5.74, 6) is -0.353. The fourth-order valence-electron chi connectivity index (χ4n) is 5.80. The molecule has 3 aliphatic rings. The van der Waals surface area contributed by atoms with Crippen molar-refractivity contribution in [3.05, 3.63) is 65.7 Å². The molecule has 6 heteroatoms.